The Labute approximate surface area is 126 Å². The highest BCUT2D eigenvalue weighted by Crippen LogP contribution is 2.31. The minimum Gasteiger partial charge on any atom is -0.463 e. The van der Waals surface area contributed by atoms with Gasteiger partial charge in [0.1, 0.15) is 5.76 Å². The molecule has 1 atom stereocenters. The van der Waals surface area contributed by atoms with Gasteiger partial charge in [-0.3, -0.25) is 0 Å². The Bertz CT molecular complexity index is 621. The molecule has 2 rings (SSSR count). The average Bonchev–Trinajstić information content (AvgIpc) is 2.93. The first kappa shape index (κ1) is 14.8. The van der Waals surface area contributed by atoms with Crippen LogP contribution >= 0.6 is 15.9 Å². The predicted molar refractivity (Wildman–Crippen MR) is 79.8 cm³/mol. The molecule has 0 saturated carbocycles. The second kappa shape index (κ2) is 6.24. The third kappa shape index (κ3) is 2.78. The van der Waals surface area contributed by atoms with Crippen LogP contribution in [-0.2, 0) is 4.74 Å². The van der Waals surface area contributed by atoms with E-state index in [0.29, 0.717) is 5.76 Å². The number of carbonyl (C=O) groups excluding carboxylic acids is 1. The van der Waals surface area contributed by atoms with E-state index in [2.05, 4.69) is 26.0 Å². The topological polar surface area (TPSA) is 51.5 Å². The molecule has 1 aromatic heterocycles. The SMILES string of the molecule is CNC(c1ccc(C(=O)OC)o1)c1cccc(C)c1Br. The lowest BCUT2D eigenvalue weighted by Crippen LogP contribution is -2.17. The molecule has 2 aromatic rings. The smallest absolute Gasteiger partial charge is 0.373 e. The lowest BCUT2D eigenvalue weighted by molar-refractivity contribution is 0.0562. The van der Waals surface area contributed by atoms with Gasteiger partial charge in [-0.1, -0.05) is 34.1 Å². The van der Waals surface area contributed by atoms with Crippen LogP contribution < -0.4 is 5.32 Å². The predicted octanol–water partition coefficient (Wildman–Crippen LogP) is 3.45. The molecule has 0 saturated heterocycles. The van der Waals surface area contributed by atoms with Crippen molar-refractivity contribution in [2.24, 2.45) is 0 Å². The number of hydrogen-bond donors (Lipinski definition) is 1. The summed E-state index contributed by atoms with van der Waals surface area (Å²) in [6, 6.07) is 9.30. The normalized spacial score (nSPS) is 12.2. The van der Waals surface area contributed by atoms with Crippen LogP contribution in [0.5, 0.6) is 0 Å². The van der Waals surface area contributed by atoms with Crippen LogP contribution in [0.25, 0.3) is 0 Å². The van der Waals surface area contributed by atoms with Gasteiger partial charge in [-0.15, -0.1) is 0 Å². The van der Waals surface area contributed by atoms with Crippen LogP contribution in [0.15, 0.2) is 39.2 Å². The average molecular weight is 338 g/mol. The molecule has 1 aromatic carbocycles. The number of methoxy groups -OCH3 is 1. The summed E-state index contributed by atoms with van der Waals surface area (Å²) in [7, 11) is 3.18. The largest absolute Gasteiger partial charge is 0.463 e. The molecule has 0 bridgehead atoms. The van der Waals surface area contributed by atoms with Gasteiger partial charge < -0.3 is 14.5 Å². The first-order valence-corrected chi connectivity index (χ1v) is 6.98. The fourth-order valence-electron chi connectivity index (χ4n) is 2.06. The van der Waals surface area contributed by atoms with Crippen molar-refractivity contribution in [3.63, 3.8) is 0 Å². The van der Waals surface area contributed by atoms with E-state index in [9.17, 15) is 4.79 Å². The Morgan fingerprint density at radius 3 is 2.75 bits per heavy atom. The van der Waals surface area contributed by atoms with Crippen molar-refractivity contribution >= 4 is 21.9 Å². The van der Waals surface area contributed by atoms with Crippen LogP contribution in [0.2, 0.25) is 0 Å². The minimum atomic E-state index is -0.477. The maximum absolute atomic E-state index is 11.4. The highest BCUT2D eigenvalue weighted by Gasteiger charge is 2.21. The number of hydrogen-bond acceptors (Lipinski definition) is 4. The summed E-state index contributed by atoms with van der Waals surface area (Å²) in [5, 5.41) is 3.20. The fourth-order valence-corrected chi connectivity index (χ4v) is 2.56. The van der Waals surface area contributed by atoms with E-state index in [1.54, 1.807) is 12.1 Å². The van der Waals surface area contributed by atoms with E-state index in [1.165, 1.54) is 7.11 Å². The molecule has 0 fully saturated rings. The molecule has 106 valence electrons. The van der Waals surface area contributed by atoms with Crippen molar-refractivity contribution in [3.05, 3.63) is 57.5 Å². The van der Waals surface area contributed by atoms with E-state index in [-0.39, 0.29) is 11.8 Å². The van der Waals surface area contributed by atoms with Crippen LogP contribution in [0, 0.1) is 6.92 Å². The zero-order chi connectivity index (χ0) is 14.7. The Hall–Kier alpha value is -1.59. The molecule has 0 aliphatic heterocycles. The second-order valence-electron chi connectivity index (χ2n) is 4.39. The zero-order valence-electron chi connectivity index (χ0n) is 11.6. The van der Waals surface area contributed by atoms with Gasteiger partial charge in [0, 0.05) is 4.47 Å². The van der Waals surface area contributed by atoms with Crippen LogP contribution in [-0.4, -0.2) is 20.1 Å². The lowest BCUT2D eigenvalue weighted by atomic mass is 10.0. The monoisotopic (exact) mass is 337 g/mol. The molecule has 0 aliphatic rings. The number of halogens is 1. The van der Waals surface area contributed by atoms with Gasteiger partial charge in [0.15, 0.2) is 0 Å². The van der Waals surface area contributed by atoms with Crippen LogP contribution in [0.3, 0.4) is 0 Å². The van der Waals surface area contributed by atoms with Gasteiger partial charge in [-0.05, 0) is 37.2 Å². The van der Waals surface area contributed by atoms with E-state index in [1.807, 2.05) is 32.2 Å². The van der Waals surface area contributed by atoms with Crippen LogP contribution in [0.4, 0.5) is 0 Å². The summed E-state index contributed by atoms with van der Waals surface area (Å²) in [6.45, 7) is 2.03. The molecule has 20 heavy (non-hydrogen) atoms. The van der Waals surface area contributed by atoms with Gasteiger partial charge in [-0.25, -0.2) is 4.79 Å². The minimum absolute atomic E-state index is 0.136. The molecule has 4 nitrogen and oxygen atoms in total. The highest BCUT2D eigenvalue weighted by atomic mass is 79.9. The van der Waals surface area contributed by atoms with Gasteiger partial charge in [0.2, 0.25) is 5.76 Å². The molecule has 1 N–H and O–H groups in total. The first-order valence-electron chi connectivity index (χ1n) is 6.18. The lowest BCUT2D eigenvalue weighted by Gasteiger charge is -2.17. The third-order valence-corrected chi connectivity index (χ3v) is 4.20. The maximum atomic E-state index is 11.4. The van der Waals surface area contributed by atoms with Gasteiger partial charge in [0.05, 0.1) is 13.2 Å². The number of furan rings is 1. The maximum Gasteiger partial charge on any atom is 0.373 e. The number of nitrogens with one attached hydrogen (secondary N) is 1. The number of benzene rings is 1. The summed E-state index contributed by atoms with van der Waals surface area (Å²) in [5.41, 5.74) is 2.20. The van der Waals surface area contributed by atoms with Crippen molar-refractivity contribution in [1.82, 2.24) is 5.32 Å². The zero-order valence-corrected chi connectivity index (χ0v) is 13.2. The van der Waals surface area contributed by atoms with Crippen molar-refractivity contribution in [2.45, 2.75) is 13.0 Å². The molecule has 1 heterocycles. The molecular weight excluding hydrogens is 322 g/mol. The summed E-state index contributed by atoms with van der Waals surface area (Å²) in [6.07, 6.45) is 0. The Morgan fingerprint density at radius 2 is 2.10 bits per heavy atom. The first-order chi connectivity index (χ1) is 9.58. The number of esters is 1. The number of ether oxygens (including phenoxy) is 1. The molecule has 0 radical (unpaired) electrons. The summed E-state index contributed by atoms with van der Waals surface area (Å²) < 4.78 is 11.3. The van der Waals surface area contributed by atoms with Gasteiger partial charge in [0.25, 0.3) is 0 Å². The van der Waals surface area contributed by atoms with Crippen LogP contribution in [0.1, 0.15) is 33.5 Å². The van der Waals surface area contributed by atoms with Gasteiger partial charge >= 0.3 is 5.97 Å². The highest BCUT2D eigenvalue weighted by molar-refractivity contribution is 9.10. The third-order valence-electron chi connectivity index (χ3n) is 3.12. The van der Waals surface area contributed by atoms with Crippen molar-refractivity contribution in [2.75, 3.05) is 14.2 Å². The Morgan fingerprint density at radius 1 is 1.35 bits per heavy atom. The number of carbonyl (C=O) groups is 1. The standard InChI is InChI=1S/C15H16BrNO3/c1-9-5-4-6-10(13(9)16)14(17-2)11-7-8-12(20-11)15(18)19-3/h4-8,14,17H,1-3H3. The van der Waals surface area contributed by atoms with E-state index in [0.717, 1.165) is 15.6 Å². The summed E-state index contributed by atoms with van der Waals surface area (Å²) in [5.74, 6) is 0.389. The quantitative estimate of drug-likeness (QED) is 0.868. The molecule has 0 spiro atoms. The molecule has 5 heteroatoms. The molecule has 0 amide bonds. The Balaban J connectivity index is 2.40. The molecular formula is C15H16BrNO3. The number of rotatable bonds is 4. The van der Waals surface area contributed by atoms with E-state index in [4.69, 9.17) is 4.42 Å². The Kier molecular flexibility index (Phi) is 4.62. The van der Waals surface area contributed by atoms with Crippen molar-refractivity contribution in [3.8, 4) is 0 Å². The van der Waals surface area contributed by atoms with Crippen molar-refractivity contribution in [1.29, 1.82) is 0 Å². The summed E-state index contributed by atoms with van der Waals surface area (Å²) >= 11 is 3.60. The van der Waals surface area contributed by atoms with E-state index >= 15 is 0 Å². The molecule has 0 aliphatic carbocycles. The van der Waals surface area contributed by atoms with Crippen molar-refractivity contribution < 1.29 is 13.9 Å². The van der Waals surface area contributed by atoms with Gasteiger partial charge in [-0.2, -0.15) is 0 Å². The fraction of sp³-hybridized carbons (Fsp3) is 0.267. The second-order valence-corrected chi connectivity index (χ2v) is 5.19. The number of aryl methyl sites for hydroxylation is 1. The summed E-state index contributed by atoms with van der Waals surface area (Å²) in [4.78, 5) is 11.4. The molecule has 1 unspecified atom stereocenters. The van der Waals surface area contributed by atoms with E-state index < -0.39 is 5.97 Å².